The van der Waals surface area contributed by atoms with E-state index in [0.29, 0.717) is 0 Å². The van der Waals surface area contributed by atoms with Crippen LogP contribution in [0, 0.1) is 0 Å². The van der Waals surface area contributed by atoms with Gasteiger partial charge in [0.1, 0.15) is 0 Å². The van der Waals surface area contributed by atoms with Crippen LogP contribution >= 0.6 is 0 Å². The van der Waals surface area contributed by atoms with Gasteiger partial charge in [0.05, 0.1) is 0 Å². The molecular weight excluding hydrogens is 306 g/mol. The van der Waals surface area contributed by atoms with Gasteiger partial charge in [-0.25, -0.2) is 0 Å². The second-order valence-electron chi connectivity index (χ2n) is 5.81. The van der Waals surface area contributed by atoms with Crippen molar-refractivity contribution in [2.75, 3.05) is 33.2 Å². The fraction of sp³-hybridized carbons (Fsp3) is 0.667. The first-order valence-corrected chi connectivity index (χ1v) is 10.6. The van der Waals surface area contributed by atoms with Crippen molar-refractivity contribution in [2.24, 2.45) is 0 Å². The van der Waals surface area contributed by atoms with Crippen molar-refractivity contribution < 1.29 is 13.3 Å². The molecule has 0 bridgehead atoms. The van der Waals surface area contributed by atoms with Gasteiger partial charge in [0, 0.05) is 39.6 Å². The van der Waals surface area contributed by atoms with Crippen molar-refractivity contribution >= 4 is 14.5 Å². The van der Waals surface area contributed by atoms with E-state index >= 15 is 0 Å². The second-order valence-corrected chi connectivity index (χ2v) is 8.90. The highest BCUT2D eigenvalue weighted by molar-refractivity contribution is 6.60. The summed E-state index contributed by atoms with van der Waals surface area (Å²) in [6.07, 6.45) is 8.80. The normalized spacial score (nSPS) is 11.6. The molecule has 1 aromatic carbocycles. The third-order valence-corrected chi connectivity index (χ3v) is 7.03. The maximum atomic E-state index is 5.43. The number of nitrogens with one attached hydrogen (secondary N) is 1. The van der Waals surface area contributed by atoms with E-state index in [1.165, 1.54) is 44.2 Å². The van der Waals surface area contributed by atoms with E-state index in [1.54, 1.807) is 21.3 Å². The minimum Gasteiger partial charge on any atom is -0.385 e. The molecule has 0 aromatic heterocycles. The summed E-state index contributed by atoms with van der Waals surface area (Å²) in [6.45, 7) is 1.06. The van der Waals surface area contributed by atoms with E-state index in [0.717, 1.165) is 19.0 Å². The van der Waals surface area contributed by atoms with Gasteiger partial charge >= 0.3 is 8.80 Å². The largest absolute Gasteiger partial charge is 0.500 e. The molecule has 0 radical (unpaired) electrons. The van der Waals surface area contributed by atoms with Crippen LogP contribution in [0.3, 0.4) is 0 Å². The molecule has 5 heteroatoms. The van der Waals surface area contributed by atoms with Gasteiger partial charge in [0.15, 0.2) is 0 Å². The van der Waals surface area contributed by atoms with E-state index < -0.39 is 8.80 Å². The molecule has 23 heavy (non-hydrogen) atoms. The summed E-state index contributed by atoms with van der Waals surface area (Å²) in [5, 5.41) is 3.45. The molecule has 0 spiro atoms. The molecule has 4 nitrogen and oxygen atoms in total. The Morgan fingerprint density at radius 3 is 1.83 bits per heavy atom. The van der Waals surface area contributed by atoms with Crippen molar-refractivity contribution in [1.29, 1.82) is 0 Å². The van der Waals surface area contributed by atoms with Gasteiger partial charge in [0.25, 0.3) is 0 Å². The number of hydrogen-bond donors (Lipinski definition) is 1. The lowest BCUT2D eigenvalue weighted by Gasteiger charge is -2.24. The Bertz CT molecular complexity index is 377. The van der Waals surface area contributed by atoms with E-state index in [1.807, 2.05) is 6.07 Å². The fourth-order valence-electron chi connectivity index (χ4n) is 2.70. The summed E-state index contributed by atoms with van der Waals surface area (Å²) in [5.74, 6) is 0. The lowest BCUT2D eigenvalue weighted by atomic mass is 10.1. The Balaban J connectivity index is 1.92. The molecule has 132 valence electrons. The zero-order chi connectivity index (χ0) is 16.8. The minimum atomic E-state index is -2.34. The standard InChI is InChI=1S/C18H33NO3Si/c1-20-23(21-2,22-3)17-13-8-6-4-5-7-12-16-19-18-14-10-9-11-15-18/h9-11,14-15,19H,4-8,12-13,16-17H2,1-3H3. The highest BCUT2D eigenvalue weighted by Gasteiger charge is 2.36. The predicted octanol–water partition coefficient (Wildman–Crippen LogP) is 4.71. The Hall–Kier alpha value is -0.883. The molecule has 0 amide bonds. The number of benzene rings is 1. The lowest BCUT2D eigenvalue weighted by molar-refractivity contribution is 0.122. The van der Waals surface area contributed by atoms with Gasteiger partial charge < -0.3 is 18.6 Å². The van der Waals surface area contributed by atoms with Crippen LogP contribution in [0.15, 0.2) is 30.3 Å². The van der Waals surface area contributed by atoms with Crippen LogP contribution in [0.1, 0.15) is 44.9 Å². The molecule has 0 saturated carbocycles. The average molecular weight is 340 g/mol. The topological polar surface area (TPSA) is 39.7 Å². The number of rotatable bonds is 14. The van der Waals surface area contributed by atoms with Crippen molar-refractivity contribution in [1.82, 2.24) is 0 Å². The molecule has 0 aliphatic rings. The third-order valence-electron chi connectivity index (χ3n) is 4.20. The SMILES string of the molecule is CO[Si](CCCCCCCCCNc1ccccc1)(OC)OC. The number of hydrogen-bond acceptors (Lipinski definition) is 4. The van der Waals surface area contributed by atoms with Crippen LogP contribution in [0.25, 0.3) is 0 Å². The Morgan fingerprint density at radius 2 is 1.26 bits per heavy atom. The van der Waals surface area contributed by atoms with E-state index in [4.69, 9.17) is 13.3 Å². The monoisotopic (exact) mass is 339 g/mol. The van der Waals surface area contributed by atoms with Crippen molar-refractivity contribution in [2.45, 2.75) is 51.0 Å². The van der Waals surface area contributed by atoms with Crippen molar-refractivity contribution in [3.63, 3.8) is 0 Å². The first-order valence-electron chi connectivity index (χ1n) is 8.70. The first kappa shape index (κ1) is 20.2. The lowest BCUT2D eigenvalue weighted by Crippen LogP contribution is -2.42. The smallest absolute Gasteiger partial charge is 0.385 e. The van der Waals surface area contributed by atoms with Gasteiger partial charge in [-0.15, -0.1) is 0 Å². The first-order chi connectivity index (χ1) is 11.3. The van der Waals surface area contributed by atoms with E-state index in [-0.39, 0.29) is 0 Å². The maximum absolute atomic E-state index is 5.43. The zero-order valence-corrected chi connectivity index (χ0v) is 16.0. The molecule has 0 heterocycles. The highest BCUT2D eigenvalue weighted by atomic mass is 28.4. The van der Waals surface area contributed by atoms with Crippen LogP contribution in [0.2, 0.25) is 6.04 Å². The molecule has 0 unspecified atom stereocenters. The third kappa shape index (κ3) is 8.51. The predicted molar refractivity (Wildman–Crippen MR) is 98.8 cm³/mol. The quantitative estimate of drug-likeness (QED) is 0.394. The second kappa shape index (κ2) is 12.5. The number of para-hydroxylation sites is 1. The van der Waals surface area contributed by atoms with Crippen LogP contribution in [0.4, 0.5) is 5.69 Å². The zero-order valence-electron chi connectivity index (χ0n) is 15.0. The summed E-state index contributed by atoms with van der Waals surface area (Å²) in [4.78, 5) is 0. The van der Waals surface area contributed by atoms with Crippen LogP contribution in [0.5, 0.6) is 0 Å². The molecule has 1 rings (SSSR count). The fourth-order valence-corrected chi connectivity index (χ4v) is 4.49. The van der Waals surface area contributed by atoms with Gasteiger partial charge in [-0.1, -0.05) is 50.3 Å². The summed E-state index contributed by atoms with van der Waals surface area (Å²) >= 11 is 0. The molecule has 0 atom stereocenters. The van der Waals surface area contributed by atoms with Gasteiger partial charge in [-0.05, 0) is 25.0 Å². The molecule has 0 saturated heterocycles. The molecule has 0 aliphatic carbocycles. The molecule has 1 N–H and O–H groups in total. The van der Waals surface area contributed by atoms with Crippen LogP contribution < -0.4 is 5.32 Å². The average Bonchev–Trinajstić information content (AvgIpc) is 2.61. The molecule has 0 fully saturated rings. The highest BCUT2D eigenvalue weighted by Crippen LogP contribution is 2.18. The number of anilines is 1. The summed E-state index contributed by atoms with van der Waals surface area (Å²) in [5.41, 5.74) is 1.22. The number of unbranched alkanes of at least 4 members (excludes halogenated alkanes) is 6. The van der Waals surface area contributed by atoms with E-state index in [2.05, 4.69) is 29.6 Å². The summed E-state index contributed by atoms with van der Waals surface area (Å²) < 4.78 is 16.3. The van der Waals surface area contributed by atoms with Crippen LogP contribution in [-0.2, 0) is 13.3 Å². The molecule has 1 aromatic rings. The Morgan fingerprint density at radius 1 is 0.739 bits per heavy atom. The van der Waals surface area contributed by atoms with Gasteiger partial charge in [-0.3, -0.25) is 0 Å². The molecule has 0 aliphatic heterocycles. The Labute approximate surface area is 142 Å². The van der Waals surface area contributed by atoms with Gasteiger partial charge in [-0.2, -0.15) is 0 Å². The van der Waals surface area contributed by atoms with E-state index in [9.17, 15) is 0 Å². The summed E-state index contributed by atoms with van der Waals surface area (Å²) in [6, 6.07) is 11.3. The Kier molecular flexibility index (Phi) is 11.0. The minimum absolute atomic E-state index is 0.914. The van der Waals surface area contributed by atoms with Crippen molar-refractivity contribution in [3.8, 4) is 0 Å². The van der Waals surface area contributed by atoms with Crippen LogP contribution in [-0.4, -0.2) is 36.7 Å². The maximum Gasteiger partial charge on any atom is 0.500 e. The van der Waals surface area contributed by atoms with Gasteiger partial charge in [0.2, 0.25) is 0 Å². The molecular formula is C18H33NO3Si. The summed E-state index contributed by atoms with van der Waals surface area (Å²) in [7, 11) is 2.71. The van der Waals surface area contributed by atoms with Crippen molar-refractivity contribution in [3.05, 3.63) is 30.3 Å².